The first-order chi connectivity index (χ1) is 13.0. The number of ether oxygens (including phenoxy) is 1. The third-order valence-electron chi connectivity index (χ3n) is 4.26. The fraction of sp³-hybridized carbons (Fsp3) is 0.375. The minimum atomic E-state index is -1.63. The van der Waals surface area contributed by atoms with Crippen LogP contribution in [0.25, 0.3) is 0 Å². The second-order valence-corrected chi connectivity index (χ2v) is 7.23. The molecular formula is C16H17FN3O6P. The molecule has 0 amide bonds. The maximum Gasteiger partial charge on any atom is 0.397 e. The van der Waals surface area contributed by atoms with Crippen molar-refractivity contribution < 1.29 is 27.8 Å². The van der Waals surface area contributed by atoms with Crippen LogP contribution in [0.15, 0.2) is 35.3 Å². The lowest BCUT2D eigenvalue weighted by Gasteiger charge is -2.25. The number of nitrogens with zero attached hydrogens (tertiary/aromatic N) is 2. The van der Waals surface area contributed by atoms with Crippen LogP contribution in [-0.4, -0.2) is 33.5 Å². The molecule has 9 nitrogen and oxygen atoms in total. The van der Waals surface area contributed by atoms with E-state index in [0.29, 0.717) is 12.4 Å². The molecule has 11 heteroatoms. The van der Waals surface area contributed by atoms with Gasteiger partial charge in [-0.1, -0.05) is 18.2 Å². The van der Waals surface area contributed by atoms with Gasteiger partial charge in [0.1, 0.15) is 18.1 Å². The van der Waals surface area contributed by atoms with Crippen molar-refractivity contribution in [2.24, 2.45) is 0 Å². The number of aliphatic hydroxyl groups excluding tert-OH is 1. The van der Waals surface area contributed by atoms with Crippen LogP contribution in [0.2, 0.25) is 0 Å². The highest BCUT2D eigenvalue weighted by Gasteiger charge is 2.37. The average molecular weight is 397 g/mol. The Bertz CT molecular complexity index is 897. The standard InChI is InChI=1S/C16H17FN3O6P/c17-10-6-20(16(22)19-15(10)18)14-5-11(21)13(25-14)8-24-27-23-7-9-3-1-2-4-12(9)26-27/h1-4,6,11,13-14,21H,5,7-8H2,(H2,18,19,22). The van der Waals surface area contributed by atoms with Gasteiger partial charge in [0.25, 0.3) is 0 Å². The van der Waals surface area contributed by atoms with Gasteiger partial charge in [0.15, 0.2) is 11.6 Å². The van der Waals surface area contributed by atoms with Gasteiger partial charge >= 0.3 is 14.3 Å². The zero-order chi connectivity index (χ0) is 19.0. The van der Waals surface area contributed by atoms with Crippen molar-refractivity contribution in [2.75, 3.05) is 12.3 Å². The maximum absolute atomic E-state index is 13.6. The van der Waals surface area contributed by atoms with Crippen molar-refractivity contribution >= 4 is 14.4 Å². The van der Waals surface area contributed by atoms with E-state index in [1.165, 1.54) is 0 Å². The summed E-state index contributed by atoms with van der Waals surface area (Å²) in [7, 11) is -1.63. The summed E-state index contributed by atoms with van der Waals surface area (Å²) in [5.41, 5.74) is 5.44. The Labute approximate surface area is 154 Å². The molecule has 0 aliphatic carbocycles. The highest BCUT2D eigenvalue weighted by Crippen LogP contribution is 2.47. The number of hydrogen-bond acceptors (Lipinski definition) is 8. The summed E-state index contributed by atoms with van der Waals surface area (Å²) in [4.78, 5) is 15.3. The predicted molar refractivity (Wildman–Crippen MR) is 92.1 cm³/mol. The summed E-state index contributed by atoms with van der Waals surface area (Å²) in [6.07, 6.45) is -1.50. The van der Waals surface area contributed by atoms with E-state index in [1.807, 2.05) is 24.3 Å². The van der Waals surface area contributed by atoms with Crippen LogP contribution in [0.1, 0.15) is 18.2 Å². The molecule has 1 aromatic heterocycles. The number of nitrogen functional groups attached to an aromatic ring is 1. The Kier molecular flexibility index (Phi) is 5.07. The molecule has 2 aliphatic heterocycles. The molecule has 0 bridgehead atoms. The lowest BCUT2D eigenvalue weighted by atomic mass is 10.2. The first-order valence-electron chi connectivity index (χ1n) is 8.21. The fourth-order valence-corrected chi connectivity index (χ4v) is 3.87. The van der Waals surface area contributed by atoms with Gasteiger partial charge in [-0.15, -0.1) is 0 Å². The fourth-order valence-electron chi connectivity index (χ4n) is 2.84. The van der Waals surface area contributed by atoms with E-state index in [9.17, 15) is 14.3 Å². The number of para-hydroxylation sites is 1. The predicted octanol–water partition coefficient (Wildman–Crippen LogP) is 1.47. The van der Waals surface area contributed by atoms with Gasteiger partial charge in [-0.3, -0.25) is 13.6 Å². The monoisotopic (exact) mass is 397 g/mol. The van der Waals surface area contributed by atoms with Gasteiger partial charge in [0, 0.05) is 12.0 Å². The van der Waals surface area contributed by atoms with Crippen LogP contribution in [0.4, 0.5) is 10.2 Å². The number of benzene rings is 1. The van der Waals surface area contributed by atoms with Crippen molar-refractivity contribution in [2.45, 2.75) is 31.5 Å². The Morgan fingerprint density at radius 3 is 3.11 bits per heavy atom. The van der Waals surface area contributed by atoms with Crippen molar-refractivity contribution in [3.63, 3.8) is 0 Å². The molecule has 4 atom stereocenters. The first-order valence-corrected chi connectivity index (χ1v) is 9.30. The minimum absolute atomic E-state index is 0.00876. The first kappa shape index (κ1) is 18.3. The lowest BCUT2D eigenvalue weighted by molar-refractivity contribution is -0.0438. The van der Waals surface area contributed by atoms with Crippen LogP contribution in [0.5, 0.6) is 5.75 Å². The van der Waals surface area contributed by atoms with Gasteiger partial charge in [-0.05, 0) is 6.07 Å². The Balaban J connectivity index is 1.37. The molecule has 0 saturated carbocycles. The molecule has 0 spiro atoms. The number of nitrogens with two attached hydrogens (primary N) is 1. The van der Waals surface area contributed by atoms with E-state index in [-0.39, 0.29) is 13.0 Å². The van der Waals surface area contributed by atoms with E-state index in [0.717, 1.165) is 16.3 Å². The summed E-state index contributed by atoms with van der Waals surface area (Å²) in [6, 6.07) is 7.46. The van der Waals surface area contributed by atoms with Crippen molar-refractivity contribution in [3.05, 3.63) is 52.3 Å². The smallest absolute Gasteiger partial charge is 0.397 e. The zero-order valence-electron chi connectivity index (χ0n) is 14.0. The van der Waals surface area contributed by atoms with Crippen LogP contribution >= 0.6 is 8.60 Å². The third kappa shape index (κ3) is 3.80. The molecule has 3 heterocycles. The van der Waals surface area contributed by atoms with Crippen LogP contribution in [0, 0.1) is 5.82 Å². The molecule has 1 aromatic carbocycles. The van der Waals surface area contributed by atoms with Gasteiger partial charge in [0.05, 0.1) is 25.5 Å². The quantitative estimate of drug-likeness (QED) is 0.745. The highest BCUT2D eigenvalue weighted by atomic mass is 31.2. The molecule has 1 saturated heterocycles. The third-order valence-corrected chi connectivity index (χ3v) is 5.31. The highest BCUT2D eigenvalue weighted by molar-refractivity contribution is 7.42. The number of halogens is 1. The van der Waals surface area contributed by atoms with Crippen molar-refractivity contribution in [1.82, 2.24) is 9.55 Å². The Hall–Kier alpha value is -2.10. The number of rotatable bonds is 4. The molecule has 4 rings (SSSR count). The van der Waals surface area contributed by atoms with Crippen LogP contribution in [0.3, 0.4) is 0 Å². The number of aliphatic hydroxyl groups is 1. The van der Waals surface area contributed by atoms with Crippen molar-refractivity contribution in [3.8, 4) is 5.75 Å². The van der Waals surface area contributed by atoms with Gasteiger partial charge in [-0.2, -0.15) is 4.98 Å². The lowest BCUT2D eigenvalue weighted by Crippen LogP contribution is -2.29. The molecule has 0 radical (unpaired) electrons. The average Bonchev–Trinajstić information content (AvgIpc) is 3.03. The van der Waals surface area contributed by atoms with Crippen LogP contribution in [-0.2, 0) is 20.4 Å². The second-order valence-electron chi connectivity index (χ2n) is 6.09. The zero-order valence-corrected chi connectivity index (χ0v) is 14.9. The molecule has 4 unspecified atom stereocenters. The Morgan fingerprint density at radius 1 is 1.44 bits per heavy atom. The summed E-state index contributed by atoms with van der Waals surface area (Å²) in [5.74, 6) is -0.626. The molecule has 2 aliphatic rings. The summed E-state index contributed by atoms with van der Waals surface area (Å²) >= 11 is 0. The maximum atomic E-state index is 13.6. The summed E-state index contributed by atoms with van der Waals surface area (Å²) in [5, 5.41) is 10.2. The Morgan fingerprint density at radius 2 is 2.26 bits per heavy atom. The largest absolute Gasteiger partial charge is 0.426 e. The molecule has 3 N–H and O–H groups in total. The molecule has 144 valence electrons. The number of hydrogen-bond donors (Lipinski definition) is 2. The number of anilines is 1. The van der Waals surface area contributed by atoms with Crippen LogP contribution < -0.4 is 15.9 Å². The normalized spacial score (nSPS) is 27.2. The topological polar surface area (TPSA) is 118 Å². The minimum Gasteiger partial charge on any atom is -0.426 e. The van der Waals surface area contributed by atoms with E-state index in [2.05, 4.69) is 4.98 Å². The molecule has 1 fully saturated rings. The van der Waals surface area contributed by atoms with Gasteiger partial charge in [-0.25, -0.2) is 9.18 Å². The van der Waals surface area contributed by atoms with E-state index in [4.69, 9.17) is 24.0 Å². The molecule has 2 aromatic rings. The second kappa shape index (κ2) is 7.49. The SMILES string of the molecule is Nc1nc(=O)n(C2CC(O)C(COP3OCc4ccccc4O3)O2)cc1F. The van der Waals surface area contributed by atoms with E-state index < -0.39 is 44.4 Å². The number of aromatic nitrogens is 2. The van der Waals surface area contributed by atoms with Gasteiger partial charge < -0.3 is 20.1 Å². The van der Waals surface area contributed by atoms with E-state index >= 15 is 0 Å². The molecular weight excluding hydrogens is 380 g/mol. The van der Waals surface area contributed by atoms with Gasteiger partial charge in [0.2, 0.25) is 0 Å². The van der Waals surface area contributed by atoms with E-state index in [1.54, 1.807) is 0 Å². The summed E-state index contributed by atoms with van der Waals surface area (Å²) in [6.45, 7) is 0.357. The van der Waals surface area contributed by atoms with Crippen molar-refractivity contribution in [1.29, 1.82) is 0 Å². The summed E-state index contributed by atoms with van der Waals surface area (Å²) < 4.78 is 36.9. The number of fused-ring (bicyclic) bond motifs is 1. The molecule has 27 heavy (non-hydrogen) atoms.